The molecule has 1 fully saturated rings. The quantitative estimate of drug-likeness (QED) is 0.726. The molecule has 1 rings (SSSR count). The number of aliphatic carboxylic acids is 1. The third-order valence-electron chi connectivity index (χ3n) is 4.33. The molecule has 7 heteroatoms. The number of morpholine rings is 1. The summed E-state index contributed by atoms with van der Waals surface area (Å²) in [7, 11) is 0. The minimum absolute atomic E-state index is 0.0551. The molecular formula is C17H30N2O5. The van der Waals surface area contributed by atoms with E-state index < -0.39 is 11.4 Å². The zero-order chi connectivity index (χ0) is 18.5. The third-order valence-corrected chi connectivity index (χ3v) is 4.33. The van der Waals surface area contributed by atoms with Crippen molar-refractivity contribution < 1.29 is 24.2 Å². The monoisotopic (exact) mass is 342 g/mol. The van der Waals surface area contributed by atoms with Crippen LogP contribution in [0.25, 0.3) is 0 Å². The van der Waals surface area contributed by atoms with Gasteiger partial charge in [0, 0.05) is 32.0 Å². The van der Waals surface area contributed by atoms with Gasteiger partial charge < -0.3 is 20.1 Å². The normalized spacial score (nSPS) is 22.8. The Morgan fingerprint density at radius 2 is 1.96 bits per heavy atom. The first-order chi connectivity index (χ1) is 11.1. The highest BCUT2D eigenvalue weighted by atomic mass is 16.5. The standard InChI is InChI=1S/C17H30N2O5/c1-6-14(20)19-8-12(3)24-13(9-19)7-11(2)15(21)18-10-17(4,5)16(22)23/h11-13H,6-10H2,1-5H3,(H,18,21)(H,22,23)/t11?,12-,13?/m1/s1. The lowest BCUT2D eigenvalue weighted by Gasteiger charge is -2.37. The Morgan fingerprint density at radius 1 is 1.33 bits per heavy atom. The van der Waals surface area contributed by atoms with Gasteiger partial charge in [-0.15, -0.1) is 0 Å². The van der Waals surface area contributed by atoms with Crippen LogP contribution in [0.2, 0.25) is 0 Å². The van der Waals surface area contributed by atoms with Gasteiger partial charge in [0.05, 0.1) is 17.6 Å². The van der Waals surface area contributed by atoms with Gasteiger partial charge >= 0.3 is 5.97 Å². The molecule has 1 heterocycles. The van der Waals surface area contributed by atoms with Crippen molar-refractivity contribution in [1.82, 2.24) is 10.2 Å². The average Bonchev–Trinajstić information content (AvgIpc) is 2.50. The second-order valence-electron chi connectivity index (χ2n) is 7.26. The molecule has 0 aliphatic carbocycles. The van der Waals surface area contributed by atoms with Crippen LogP contribution in [-0.4, -0.2) is 59.6 Å². The van der Waals surface area contributed by atoms with Crippen molar-refractivity contribution >= 4 is 17.8 Å². The predicted molar refractivity (Wildman–Crippen MR) is 89.4 cm³/mol. The molecule has 0 aromatic carbocycles. The van der Waals surface area contributed by atoms with Gasteiger partial charge in [-0.25, -0.2) is 0 Å². The largest absolute Gasteiger partial charge is 0.481 e. The number of hydrogen-bond acceptors (Lipinski definition) is 4. The minimum Gasteiger partial charge on any atom is -0.481 e. The van der Waals surface area contributed by atoms with Crippen molar-refractivity contribution in [2.24, 2.45) is 11.3 Å². The van der Waals surface area contributed by atoms with E-state index in [2.05, 4.69) is 5.32 Å². The molecule has 0 aromatic heterocycles. The number of nitrogens with zero attached hydrogens (tertiary/aromatic N) is 1. The lowest BCUT2D eigenvalue weighted by atomic mass is 9.93. The average molecular weight is 342 g/mol. The van der Waals surface area contributed by atoms with E-state index in [0.29, 0.717) is 25.9 Å². The van der Waals surface area contributed by atoms with Crippen LogP contribution in [0.3, 0.4) is 0 Å². The fourth-order valence-corrected chi connectivity index (χ4v) is 2.66. The molecule has 0 saturated carbocycles. The summed E-state index contributed by atoms with van der Waals surface area (Å²) in [6.45, 7) is 9.83. The van der Waals surface area contributed by atoms with Gasteiger partial charge in [0.25, 0.3) is 0 Å². The molecule has 0 radical (unpaired) electrons. The SMILES string of the molecule is CCC(=O)N1CC(CC(C)C(=O)NCC(C)(C)C(=O)O)O[C@H](C)C1. The van der Waals surface area contributed by atoms with E-state index in [1.807, 2.05) is 13.8 Å². The molecule has 7 nitrogen and oxygen atoms in total. The smallest absolute Gasteiger partial charge is 0.310 e. The first-order valence-corrected chi connectivity index (χ1v) is 8.51. The first kappa shape index (κ1) is 20.4. The summed E-state index contributed by atoms with van der Waals surface area (Å²) in [6, 6.07) is 0. The Bertz CT molecular complexity index is 478. The van der Waals surface area contributed by atoms with E-state index in [0.717, 1.165) is 0 Å². The van der Waals surface area contributed by atoms with Crippen LogP contribution >= 0.6 is 0 Å². The molecule has 1 aliphatic rings. The summed E-state index contributed by atoms with van der Waals surface area (Å²) in [5.74, 6) is -1.37. The molecule has 0 aromatic rings. The van der Waals surface area contributed by atoms with Gasteiger partial charge in [0.15, 0.2) is 0 Å². The van der Waals surface area contributed by atoms with Crippen molar-refractivity contribution in [3.8, 4) is 0 Å². The summed E-state index contributed by atoms with van der Waals surface area (Å²) in [5, 5.41) is 11.8. The van der Waals surface area contributed by atoms with E-state index in [9.17, 15) is 14.4 Å². The van der Waals surface area contributed by atoms with Crippen LogP contribution in [0.1, 0.15) is 47.5 Å². The fraction of sp³-hybridized carbons (Fsp3) is 0.824. The number of nitrogens with one attached hydrogen (secondary N) is 1. The van der Waals surface area contributed by atoms with E-state index in [4.69, 9.17) is 9.84 Å². The summed E-state index contributed by atoms with van der Waals surface area (Å²) >= 11 is 0. The van der Waals surface area contributed by atoms with Gasteiger partial charge in [-0.3, -0.25) is 14.4 Å². The second kappa shape index (κ2) is 8.46. The van der Waals surface area contributed by atoms with E-state index >= 15 is 0 Å². The number of carboxylic acids is 1. The van der Waals surface area contributed by atoms with Crippen LogP contribution in [0.5, 0.6) is 0 Å². The lowest BCUT2D eigenvalue weighted by molar-refractivity contribution is -0.147. The Balaban J connectivity index is 2.53. The maximum Gasteiger partial charge on any atom is 0.310 e. The zero-order valence-electron chi connectivity index (χ0n) is 15.3. The number of hydrogen-bond donors (Lipinski definition) is 2. The maximum absolute atomic E-state index is 12.2. The number of amides is 2. The molecule has 2 unspecified atom stereocenters. The molecule has 2 amide bonds. The van der Waals surface area contributed by atoms with Crippen LogP contribution in [0.15, 0.2) is 0 Å². The molecule has 24 heavy (non-hydrogen) atoms. The van der Waals surface area contributed by atoms with Gasteiger partial charge in [-0.2, -0.15) is 0 Å². The Labute approximate surface area is 143 Å². The molecule has 0 spiro atoms. The number of carbonyl (C=O) groups excluding carboxylic acids is 2. The highest BCUT2D eigenvalue weighted by Crippen LogP contribution is 2.19. The van der Waals surface area contributed by atoms with Crippen molar-refractivity contribution in [2.45, 2.75) is 59.7 Å². The Kier molecular flexibility index (Phi) is 7.20. The molecule has 2 N–H and O–H groups in total. The minimum atomic E-state index is -1.00. The summed E-state index contributed by atoms with van der Waals surface area (Å²) < 4.78 is 5.85. The van der Waals surface area contributed by atoms with E-state index in [1.54, 1.807) is 25.7 Å². The molecular weight excluding hydrogens is 312 g/mol. The molecule has 0 bridgehead atoms. The topological polar surface area (TPSA) is 95.9 Å². The number of ether oxygens (including phenoxy) is 1. The number of rotatable bonds is 7. The molecule has 3 atom stereocenters. The maximum atomic E-state index is 12.2. The highest BCUT2D eigenvalue weighted by Gasteiger charge is 2.31. The zero-order valence-corrected chi connectivity index (χ0v) is 15.3. The predicted octanol–water partition coefficient (Wildman–Crippen LogP) is 1.27. The number of carboxylic acid groups (broad SMARTS) is 1. The Morgan fingerprint density at radius 3 is 2.50 bits per heavy atom. The van der Waals surface area contributed by atoms with Crippen molar-refractivity contribution in [3.63, 3.8) is 0 Å². The summed E-state index contributed by atoms with van der Waals surface area (Å²) in [4.78, 5) is 37.0. The third kappa shape index (κ3) is 5.78. The lowest BCUT2D eigenvalue weighted by Crippen LogP contribution is -2.50. The van der Waals surface area contributed by atoms with Crippen molar-refractivity contribution in [2.75, 3.05) is 19.6 Å². The first-order valence-electron chi connectivity index (χ1n) is 8.51. The van der Waals surface area contributed by atoms with Gasteiger partial charge in [0.2, 0.25) is 11.8 Å². The van der Waals surface area contributed by atoms with Crippen LogP contribution in [0.4, 0.5) is 0 Å². The summed E-state index contributed by atoms with van der Waals surface area (Å²) in [6.07, 6.45) is 0.717. The van der Waals surface area contributed by atoms with Crippen LogP contribution < -0.4 is 5.32 Å². The number of carbonyl (C=O) groups is 3. The Hall–Kier alpha value is -1.63. The second-order valence-corrected chi connectivity index (χ2v) is 7.26. The summed E-state index contributed by atoms with van der Waals surface area (Å²) in [5.41, 5.74) is -1.00. The van der Waals surface area contributed by atoms with Crippen LogP contribution in [-0.2, 0) is 19.1 Å². The van der Waals surface area contributed by atoms with Gasteiger partial charge in [-0.1, -0.05) is 13.8 Å². The molecule has 1 saturated heterocycles. The van der Waals surface area contributed by atoms with Gasteiger partial charge in [0.1, 0.15) is 0 Å². The van der Waals surface area contributed by atoms with E-state index in [-0.39, 0.29) is 36.5 Å². The molecule has 138 valence electrons. The fourth-order valence-electron chi connectivity index (χ4n) is 2.66. The molecule has 1 aliphatic heterocycles. The van der Waals surface area contributed by atoms with Gasteiger partial charge in [-0.05, 0) is 27.2 Å². The van der Waals surface area contributed by atoms with Crippen molar-refractivity contribution in [3.05, 3.63) is 0 Å². The van der Waals surface area contributed by atoms with Crippen LogP contribution in [0, 0.1) is 11.3 Å². The van der Waals surface area contributed by atoms with Crippen molar-refractivity contribution in [1.29, 1.82) is 0 Å². The van der Waals surface area contributed by atoms with E-state index in [1.165, 1.54) is 0 Å². The highest BCUT2D eigenvalue weighted by molar-refractivity contribution is 5.80.